The van der Waals surface area contributed by atoms with Gasteiger partial charge in [0.15, 0.2) is 12.2 Å². The molecular formula is C78H152O17P2. The minimum Gasteiger partial charge on any atom is -0.462 e. The molecule has 0 aliphatic carbocycles. The van der Waals surface area contributed by atoms with Gasteiger partial charge in [0, 0.05) is 25.7 Å². The summed E-state index contributed by atoms with van der Waals surface area (Å²) in [6.07, 6.45) is 52.9. The van der Waals surface area contributed by atoms with Gasteiger partial charge in [-0.05, 0) is 49.4 Å². The first-order chi connectivity index (χ1) is 46.6. The van der Waals surface area contributed by atoms with Crippen LogP contribution in [0, 0.1) is 23.7 Å². The SMILES string of the molecule is CCC(C)CCCCCCCCC(=O)OC[C@H](COP(=O)(O)OCC(O)COP(=O)(O)OC[C@@H](COC(=O)CCCCCCCCCC(C)C)OC(=O)CCCCCCCCCCCCCCCCCCC(C)C)OC(=O)CCCCCCCCCCCCCCCCCC(C)C. The summed E-state index contributed by atoms with van der Waals surface area (Å²) in [5.74, 6) is 0.927. The Kier molecular flexibility index (Phi) is 65.9. The number of phosphoric ester groups is 2. The fraction of sp³-hybridized carbons (Fsp3) is 0.949. The quantitative estimate of drug-likeness (QED) is 0.0222. The third kappa shape index (κ3) is 70.9. The second-order valence-corrected chi connectivity index (χ2v) is 32.7. The van der Waals surface area contributed by atoms with Gasteiger partial charge < -0.3 is 33.8 Å². The number of unbranched alkanes of at least 4 members (excludes halogenated alkanes) is 40. The normalized spacial score (nSPS) is 14.4. The highest BCUT2D eigenvalue weighted by atomic mass is 31.2. The Bertz CT molecular complexity index is 1900. The third-order valence-corrected chi connectivity index (χ3v) is 20.3. The summed E-state index contributed by atoms with van der Waals surface area (Å²) in [6, 6.07) is 0. The molecule has 0 saturated heterocycles. The fourth-order valence-corrected chi connectivity index (χ4v) is 13.5. The molecule has 0 aliphatic rings. The lowest BCUT2D eigenvalue weighted by Crippen LogP contribution is -2.30. The van der Waals surface area contributed by atoms with Crippen molar-refractivity contribution < 1.29 is 80.2 Å². The molecule has 0 bridgehead atoms. The fourth-order valence-electron chi connectivity index (χ4n) is 11.9. The Balaban J connectivity index is 5.19. The second-order valence-electron chi connectivity index (χ2n) is 29.8. The van der Waals surface area contributed by atoms with E-state index < -0.39 is 97.5 Å². The lowest BCUT2D eigenvalue weighted by molar-refractivity contribution is -0.161. The maximum atomic E-state index is 13.1. The summed E-state index contributed by atoms with van der Waals surface area (Å²) in [4.78, 5) is 72.8. The molecule has 0 radical (unpaired) electrons. The van der Waals surface area contributed by atoms with Gasteiger partial charge in [-0.1, -0.05) is 344 Å². The van der Waals surface area contributed by atoms with Crippen molar-refractivity contribution in [3.63, 3.8) is 0 Å². The van der Waals surface area contributed by atoms with Crippen LogP contribution in [0.15, 0.2) is 0 Å². The Labute approximate surface area is 594 Å². The average molecular weight is 1420 g/mol. The molecule has 4 unspecified atom stereocenters. The molecule has 17 nitrogen and oxygen atoms in total. The smallest absolute Gasteiger partial charge is 0.462 e. The number of esters is 4. The number of phosphoric acid groups is 2. The molecule has 6 atom stereocenters. The summed E-state index contributed by atoms with van der Waals surface area (Å²) in [5.41, 5.74) is 0. The van der Waals surface area contributed by atoms with Gasteiger partial charge in [-0.15, -0.1) is 0 Å². The lowest BCUT2D eigenvalue weighted by atomic mass is 10.00. The predicted molar refractivity (Wildman–Crippen MR) is 395 cm³/mol. The van der Waals surface area contributed by atoms with Crippen LogP contribution in [-0.4, -0.2) is 96.7 Å². The van der Waals surface area contributed by atoms with E-state index in [1.165, 1.54) is 186 Å². The predicted octanol–water partition coefficient (Wildman–Crippen LogP) is 22.8. The molecule has 0 spiro atoms. The first-order valence-electron chi connectivity index (χ1n) is 40.2. The topological polar surface area (TPSA) is 237 Å². The van der Waals surface area contributed by atoms with Gasteiger partial charge in [-0.2, -0.15) is 0 Å². The van der Waals surface area contributed by atoms with Crippen molar-refractivity contribution in [1.29, 1.82) is 0 Å². The number of carbonyl (C=O) groups is 4. The zero-order valence-electron chi connectivity index (χ0n) is 63.7. The number of ether oxygens (including phenoxy) is 4. The van der Waals surface area contributed by atoms with E-state index in [0.29, 0.717) is 31.6 Å². The van der Waals surface area contributed by atoms with Crippen molar-refractivity contribution in [1.82, 2.24) is 0 Å². The number of aliphatic hydroxyl groups is 1. The summed E-state index contributed by atoms with van der Waals surface area (Å²) >= 11 is 0. The highest BCUT2D eigenvalue weighted by molar-refractivity contribution is 7.47. The third-order valence-electron chi connectivity index (χ3n) is 18.4. The molecule has 576 valence electrons. The maximum absolute atomic E-state index is 13.1. The molecule has 0 saturated carbocycles. The van der Waals surface area contributed by atoms with Crippen LogP contribution in [0.1, 0.15) is 396 Å². The molecule has 0 aliphatic heterocycles. The van der Waals surface area contributed by atoms with E-state index in [9.17, 15) is 43.2 Å². The van der Waals surface area contributed by atoms with E-state index in [4.69, 9.17) is 37.0 Å². The van der Waals surface area contributed by atoms with Crippen LogP contribution in [0.5, 0.6) is 0 Å². The standard InChI is InChI=1S/C78H152O17P2/c1-9-71(8)57-49-41-36-37-43-51-59-76(81)89-65-74(95-78(83)61-53-45-34-28-24-20-16-12-14-18-22-26-31-39-47-55-69(4)5)67-93-97(86,87)91-63-72(79)62-90-96(84,85)92-66-73(64-88-75(80)58-50-42-35-29-32-40-48-56-70(6)7)94-77(82)60-52-44-33-27-23-19-15-11-10-13-17-21-25-30-38-46-54-68(2)3/h68-74,79H,9-67H2,1-8H3,(H,84,85)(H,86,87)/t71?,72?,73-,74-/m1/s1. The number of hydrogen-bond donors (Lipinski definition) is 3. The van der Waals surface area contributed by atoms with Crippen LogP contribution >= 0.6 is 15.6 Å². The molecule has 0 rings (SSSR count). The molecule has 0 heterocycles. The minimum absolute atomic E-state index is 0.106. The zero-order valence-corrected chi connectivity index (χ0v) is 65.5. The van der Waals surface area contributed by atoms with Crippen LogP contribution in [0.3, 0.4) is 0 Å². The van der Waals surface area contributed by atoms with E-state index >= 15 is 0 Å². The average Bonchev–Trinajstić information content (AvgIpc) is 1.20. The molecular weight excluding hydrogens is 1270 g/mol. The van der Waals surface area contributed by atoms with Crippen LogP contribution in [0.4, 0.5) is 0 Å². The molecule has 0 aromatic heterocycles. The number of aliphatic hydroxyl groups excluding tert-OH is 1. The zero-order chi connectivity index (χ0) is 71.7. The Hall–Kier alpha value is -1.94. The van der Waals surface area contributed by atoms with Gasteiger partial charge in [0.2, 0.25) is 0 Å². The molecule has 0 aromatic carbocycles. The van der Waals surface area contributed by atoms with Crippen LogP contribution in [0.25, 0.3) is 0 Å². The van der Waals surface area contributed by atoms with Crippen molar-refractivity contribution in [3.05, 3.63) is 0 Å². The Morgan fingerprint density at radius 1 is 0.289 bits per heavy atom. The second kappa shape index (κ2) is 67.2. The van der Waals surface area contributed by atoms with Crippen LogP contribution in [-0.2, 0) is 65.4 Å². The van der Waals surface area contributed by atoms with Gasteiger partial charge in [-0.25, -0.2) is 9.13 Å². The van der Waals surface area contributed by atoms with E-state index in [0.717, 1.165) is 120 Å². The lowest BCUT2D eigenvalue weighted by Gasteiger charge is -2.21. The van der Waals surface area contributed by atoms with Crippen molar-refractivity contribution in [2.75, 3.05) is 39.6 Å². The number of rotatable bonds is 75. The summed E-state index contributed by atoms with van der Waals surface area (Å²) in [7, 11) is -9.92. The first kappa shape index (κ1) is 95.1. The summed E-state index contributed by atoms with van der Waals surface area (Å²) in [6.45, 7) is 14.2. The van der Waals surface area contributed by atoms with Gasteiger partial charge in [0.25, 0.3) is 0 Å². The molecule has 0 fully saturated rings. The van der Waals surface area contributed by atoms with E-state index in [2.05, 4.69) is 55.4 Å². The monoisotopic (exact) mass is 1420 g/mol. The summed E-state index contributed by atoms with van der Waals surface area (Å²) < 4.78 is 68.6. The van der Waals surface area contributed by atoms with Crippen molar-refractivity contribution in [2.45, 2.75) is 414 Å². The first-order valence-corrected chi connectivity index (χ1v) is 43.2. The molecule has 0 aromatic rings. The van der Waals surface area contributed by atoms with Gasteiger partial charge in [-0.3, -0.25) is 37.3 Å². The number of carbonyl (C=O) groups excluding carboxylic acids is 4. The Morgan fingerprint density at radius 3 is 0.732 bits per heavy atom. The molecule has 0 amide bonds. The maximum Gasteiger partial charge on any atom is 0.472 e. The summed E-state index contributed by atoms with van der Waals surface area (Å²) in [5, 5.41) is 10.6. The van der Waals surface area contributed by atoms with E-state index in [1.807, 2.05) is 0 Å². The number of hydrogen-bond acceptors (Lipinski definition) is 15. The molecule has 19 heteroatoms. The largest absolute Gasteiger partial charge is 0.472 e. The van der Waals surface area contributed by atoms with E-state index in [1.54, 1.807) is 0 Å². The van der Waals surface area contributed by atoms with Crippen LogP contribution in [0.2, 0.25) is 0 Å². The Morgan fingerprint density at radius 2 is 0.495 bits per heavy atom. The molecule has 3 N–H and O–H groups in total. The van der Waals surface area contributed by atoms with Crippen molar-refractivity contribution >= 4 is 39.5 Å². The van der Waals surface area contributed by atoms with Gasteiger partial charge >= 0.3 is 39.5 Å². The van der Waals surface area contributed by atoms with Crippen LogP contribution < -0.4 is 0 Å². The van der Waals surface area contributed by atoms with E-state index in [-0.39, 0.29) is 25.7 Å². The highest BCUT2D eigenvalue weighted by Crippen LogP contribution is 2.45. The van der Waals surface area contributed by atoms with Gasteiger partial charge in [0.05, 0.1) is 26.4 Å². The molecule has 97 heavy (non-hydrogen) atoms. The van der Waals surface area contributed by atoms with Crippen molar-refractivity contribution in [3.8, 4) is 0 Å². The minimum atomic E-state index is -4.96. The van der Waals surface area contributed by atoms with Gasteiger partial charge in [0.1, 0.15) is 19.3 Å². The van der Waals surface area contributed by atoms with Crippen molar-refractivity contribution in [2.24, 2.45) is 23.7 Å². The highest BCUT2D eigenvalue weighted by Gasteiger charge is 2.30.